The molecule has 0 spiro atoms. The van der Waals surface area contributed by atoms with Crippen LogP contribution in [0.1, 0.15) is 51.8 Å². The monoisotopic (exact) mass is 275 g/mol. The lowest BCUT2D eigenvalue weighted by Gasteiger charge is -2.37. The fraction of sp³-hybridized carbons (Fsp3) is 0.706. The number of rotatable bonds is 5. The predicted molar refractivity (Wildman–Crippen MR) is 86.2 cm³/mol. The zero-order valence-electron chi connectivity index (χ0n) is 13.5. The van der Waals surface area contributed by atoms with Crippen LogP contribution in [-0.2, 0) is 13.0 Å². The average molecular weight is 275 g/mol. The first kappa shape index (κ1) is 15.3. The molecule has 1 aliphatic rings. The highest BCUT2D eigenvalue weighted by molar-refractivity contribution is 5.43. The van der Waals surface area contributed by atoms with Gasteiger partial charge >= 0.3 is 0 Å². The number of aromatic nitrogens is 1. The van der Waals surface area contributed by atoms with E-state index in [2.05, 4.69) is 50.0 Å². The Morgan fingerprint density at radius 2 is 1.90 bits per heavy atom. The summed E-state index contributed by atoms with van der Waals surface area (Å²) < 4.78 is 0. The predicted octanol–water partition coefficient (Wildman–Crippen LogP) is 3.38. The Morgan fingerprint density at radius 1 is 1.20 bits per heavy atom. The molecule has 0 aliphatic carbocycles. The van der Waals surface area contributed by atoms with Crippen LogP contribution in [0, 0.1) is 5.41 Å². The molecule has 0 saturated carbocycles. The second-order valence-corrected chi connectivity index (χ2v) is 6.61. The first-order valence-electron chi connectivity index (χ1n) is 7.99. The van der Waals surface area contributed by atoms with E-state index >= 15 is 0 Å². The van der Waals surface area contributed by atoms with Crippen LogP contribution >= 0.6 is 0 Å². The number of hydrogen-bond acceptors (Lipinski definition) is 3. The Kier molecular flexibility index (Phi) is 5.03. The van der Waals surface area contributed by atoms with Crippen molar-refractivity contribution in [3.05, 3.63) is 23.4 Å². The fourth-order valence-electron chi connectivity index (χ4n) is 2.69. The highest BCUT2D eigenvalue weighted by Crippen LogP contribution is 2.31. The molecule has 112 valence electrons. The van der Waals surface area contributed by atoms with Gasteiger partial charge in [0.05, 0.1) is 0 Å². The lowest BCUT2D eigenvalue weighted by molar-refractivity contribution is 0.279. The van der Waals surface area contributed by atoms with E-state index in [1.807, 2.05) is 0 Å². The van der Waals surface area contributed by atoms with Crippen LogP contribution in [0.5, 0.6) is 0 Å². The number of nitrogens with one attached hydrogen (secondary N) is 1. The van der Waals surface area contributed by atoms with E-state index in [0.717, 1.165) is 32.6 Å². The molecular formula is C17H29N3. The number of piperidine rings is 1. The minimum Gasteiger partial charge on any atom is -0.357 e. The summed E-state index contributed by atoms with van der Waals surface area (Å²) >= 11 is 0. The fourth-order valence-corrected chi connectivity index (χ4v) is 2.69. The topological polar surface area (TPSA) is 28.2 Å². The van der Waals surface area contributed by atoms with Crippen LogP contribution in [0.4, 0.5) is 5.82 Å². The summed E-state index contributed by atoms with van der Waals surface area (Å²) in [7, 11) is 0. The molecule has 1 aliphatic heterocycles. The summed E-state index contributed by atoms with van der Waals surface area (Å²) in [5, 5.41) is 3.41. The van der Waals surface area contributed by atoms with Crippen LogP contribution in [0.2, 0.25) is 0 Å². The first-order valence-corrected chi connectivity index (χ1v) is 7.99. The quantitative estimate of drug-likeness (QED) is 0.893. The lowest BCUT2D eigenvalue weighted by atomic mass is 9.83. The standard InChI is InChI=1S/C17H29N3/c1-5-15-11-14(13-18-6-2)12-16(19-15)20-9-7-17(3,4)8-10-20/h11-12,18H,5-10,13H2,1-4H3. The minimum absolute atomic E-state index is 0.492. The molecule has 1 N–H and O–H groups in total. The zero-order valence-corrected chi connectivity index (χ0v) is 13.5. The van der Waals surface area contributed by atoms with Gasteiger partial charge in [0, 0.05) is 25.3 Å². The highest BCUT2D eigenvalue weighted by atomic mass is 15.2. The molecule has 0 radical (unpaired) electrons. The molecule has 1 aromatic rings. The van der Waals surface area contributed by atoms with Crippen LogP contribution in [0.15, 0.2) is 12.1 Å². The molecule has 0 atom stereocenters. The molecule has 1 fully saturated rings. The summed E-state index contributed by atoms with van der Waals surface area (Å²) in [6.07, 6.45) is 3.52. The van der Waals surface area contributed by atoms with Gasteiger partial charge in [-0.15, -0.1) is 0 Å². The van der Waals surface area contributed by atoms with Crippen molar-refractivity contribution in [2.75, 3.05) is 24.5 Å². The van der Waals surface area contributed by atoms with Crippen molar-refractivity contribution in [3.8, 4) is 0 Å². The molecule has 1 saturated heterocycles. The van der Waals surface area contributed by atoms with Gasteiger partial charge in [0.2, 0.25) is 0 Å². The Hall–Kier alpha value is -1.09. The van der Waals surface area contributed by atoms with Gasteiger partial charge < -0.3 is 10.2 Å². The summed E-state index contributed by atoms with van der Waals surface area (Å²) in [4.78, 5) is 7.29. The van der Waals surface area contributed by atoms with E-state index in [-0.39, 0.29) is 0 Å². The van der Waals surface area contributed by atoms with Crippen molar-refractivity contribution < 1.29 is 0 Å². The lowest BCUT2D eigenvalue weighted by Crippen LogP contribution is -2.38. The molecule has 20 heavy (non-hydrogen) atoms. The van der Waals surface area contributed by atoms with Gasteiger partial charge in [-0.25, -0.2) is 4.98 Å². The molecular weight excluding hydrogens is 246 g/mol. The second-order valence-electron chi connectivity index (χ2n) is 6.61. The number of anilines is 1. The minimum atomic E-state index is 0.492. The Labute approximate surface area is 123 Å². The van der Waals surface area contributed by atoms with Gasteiger partial charge in [-0.3, -0.25) is 0 Å². The van der Waals surface area contributed by atoms with E-state index in [9.17, 15) is 0 Å². The Balaban J connectivity index is 2.14. The maximum atomic E-state index is 4.83. The third-order valence-corrected chi connectivity index (χ3v) is 4.31. The summed E-state index contributed by atoms with van der Waals surface area (Å²) in [6, 6.07) is 4.50. The van der Waals surface area contributed by atoms with E-state index < -0.39 is 0 Å². The highest BCUT2D eigenvalue weighted by Gasteiger charge is 2.26. The number of aryl methyl sites for hydroxylation is 1. The van der Waals surface area contributed by atoms with Gasteiger partial charge in [0.15, 0.2) is 0 Å². The Morgan fingerprint density at radius 3 is 2.50 bits per heavy atom. The molecule has 3 heteroatoms. The van der Waals surface area contributed by atoms with Crippen LogP contribution in [-0.4, -0.2) is 24.6 Å². The van der Waals surface area contributed by atoms with E-state index in [0.29, 0.717) is 5.41 Å². The average Bonchev–Trinajstić information content (AvgIpc) is 2.44. The van der Waals surface area contributed by atoms with Crippen LogP contribution < -0.4 is 10.2 Å². The number of hydrogen-bond donors (Lipinski definition) is 1. The SMILES string of the molecule is CCNCc1cc(CC)nc(N2CCC(C)(C)CC2)c1. The van der Waals surface area contributed by atoms with E-state index in [1.165, 1.54) is 29.9 Å². The van der Waals surface area contributed by atoms with Crippen molar-refractivity contribution in [3.63, 3.8) is 0 Å². The normalized spacial score (nSPS) is 18.3. The summed E-state index contributed by atoms with van der Waals surface area (Å²) in [5.41, 5.74) is 3.06. The van der Waals surface area contributed by atoms with E-state index in [1.54, 1.807) is 0 Å². The molecule has 0 bridgehead atoms. The first-order chi connectivity index (χ1) is 9.54. The zero-order chi connectivity index (χ0) is 14.6. The largest absolute Gasteiger partial charge is 0.357 e. The molecule has 3 nitrogen and oxygen atoms in total. The summed E-state index contributed by atoms with van der Waals surface area (Å²) in [5.74, 6) is 1.17. The van der Waals surface area contributed by atoms with Crippen molar-refractivity contribution in [1.82, 2.24) is 10.3 Å². The number of pyridine rings is 1. The molecule has 0 amide bonds. The Bertz CT molecular complexity index is 430. The van der Waals surface area contributed by atoms with Crippen LogP contribution in [0.3, 0.4) is 0 Å². The number of nitrogens with zero attached hydrogens (tertiary/aromatic N) is 2. The molecule has 2 heterocycles. The molecule has 0 aromatic carbocycles. The van der Waals surface area contributed by atoms with Gasteiger partial charge in [-0.1, -0.05) is 27.7 Å². The molecule has 2 rings (SSSR count). The van der Waals surface area contributed by atoms with Gasteiger partial charge in [0.1, 0.15) is 5.82 Å². The molecule has 1 aromatic heterocycles. The van der Waals surface area contributed by atoms with Gasteiger partial charge in [0.25, 0.3) is 0 Å². The van der Waals surface area contributed by atoms with Crippen LogP contribution in [0.25, 0.3) is 0 Å². The smallest absolute Gasteiger partial charge is 0.129 e. The van der Waals surface area contributed by atoms with Crippen molar-refractivity contribution in [2.45, 2.75) is 53.5 Å². The summed E-state index contributed by atoms with van der Waals surface area (Å²) in [6.45, 7) is 13.3. The third kappa shape index (κ3) is 3.95. The van der Waals surface area contributed by atoms with E-state index in [4.69, 9.17) is 4.98 Å². The third-order valence-electron chi connectivity index (χ3n) is 4.31. The van der Waals surface area contributed by atoms with Crippen molar-refractivity contribution in [1.29, 1.82) is 0 Å². The maximum Gasteiger partial charge on any atom is 0.129 e. The maximum absolute atomic E-state index is 4.83. The van der Waals surface area contributed by atoms with Crippen molar-refractivity contribution >= 4 is 5.82 Å². The second kappa shape index (κ2) is 6.57. The van der Waals surface area contributed by atoms with Gasteiger partial charge in [-0.05, 0) is 48.9 Å². The van der Waals surface area contributed by atoms with Gasteiger partial charge in [-0.2, -0.15) is 0 Å². The molecule has 0 unspecified atom stereocenters. The van der Waals surface area contributed by atoms with Crippen molar-refractivity contribution in [2.24, 2.45) is 5.41 Å².